The highest BCUT2D eigenvalue weighted by molar-refractivity contribution is 7.80. The van der Waals surface area contributed by atoms with E-state index in [0.717, 1.165) is 5.56 Å². The average molecular weight is 219 g/mol. The van der Waals surface area contributed by atoms with E-state index in [1.165, 1.54) is 0 Å². The Morgan fingerprint density at radius 2 is 1.79 bits per heavy atom. The molecule has 0 bridgehead atoms. The molecule has 1 nitrogen and oxygen atoms in total. The van der Waals surface area contributed by atoms with Crippen molar-refractivity contribution < 1.29 is 13.2 Å². The quantitative estimate of drug-likeness (QED) is 0.767. The lowest BCUT2D eigenvalue weighted by molar-refractivity contribution is -0.0592. The molecule has 0 fully saturated rings. The van der Waals surface area contributed by atoms with Gasteiger partial charge in [-0.25, -0.2) is 0 Å². The summed E-state index contributed by atoms with van der Waals surface area (Å²) in [7, 11) is 0. The lowest BCUT2D eigenvalue weighted by Gasteiger charge is -2.10. The summed E-state index contributed by atoms with van der Waals surface area (Å²) in [5.41, 5.74) is 0.763. The Morgan fingerprint density at radius 1 is 1.21 bits per heavy atom. The van der Waals surface area contributed by atoms with E-state index in [2.05, 4.69) is 17.5 Å². The second kappa shape index (κ2) is 4.41. The van der Waals surface area contributed by atoms with Gasteiger partial charge in [-0.2, -0.15) is 13.2 Å². The summed E-state index contributed by atoms with van der Waals surface area (Å²) in [6.45, 7) is 0.0964. The maximum absolute atomic E-state index is 11.9. The molecule has 14 heavy (non-hydrogen) atoms. The largest absolute Gasteiger partial charge is 0.441 e. The van der Waals surface area contributed by atoms with Crippen molar-refractivity contribution in [3.63, 3.8) is 0 Å². The molecule has 0 aromatic heterocycles. The normalized spacial score (nSPS) is 11.1. The Bertz CT molecular complexity index is 308. The number of halogens is 3. The lowest BCUT2D eigenvalue weighted by atomic mass is 10.2. The van der Waals surface area contributed by atoms with E-state index in [-0.39, 0.29) is 6.54 Å². The molecule has 0 saturated heterocycles. The van der Waals surface area contributed by atoms with Crippen molar-refractivity contribution in [3.05, 3.63) is 35.9 Å². The monoisotopic (exact) mass is 219 g/mol. The average Bonchev–Trinajstić information content (AvgIpc) is 2.14. The number of rotatable bonds is 2. The minimum Gasteiger partial charge on any atom is -0.368 e. The van der Waals surface area contributed by atoms with Crippen LogP contribution in [0.25, 0.3) is 0 Å². The summed E-state index contributed by atoms with van der Waals surface area (Å²) in [5.74, 6) is 0. The molecule has 0 atom stereocenters. The van der Waals surface area contributed by atoms with Gasteiger partial charge in [0.25, 0.3) is 0 Å². The molecule has 1 aromatic carbocycles. The van der Waals surface area contributed by atoms with Crippen LogP contribution in [0.1, 0.15) is 5.56 Å². The molecule has 0 aliphatic rings. The molecule has 0 radical (unpaired) electrons. The predicted molar refractivity (Wildman–Crippen MR) is 51.9 cm³/mol. The Morgan fingerprint density at radius 3 is 2.29 bits per heavy atom. The Labute approximate surface area is 84.9 Å². The lowest BCUT2D eigenvalue weighted by Crippen LogP contribution is -2.34. The summed E-state index contributed by atoms with van der Waals surface area (Å²) < 4.78 is 35.8. The SMILES string of the molecule is FC(F)(F)C(=S)NCc1ccccc1. The molecule has 0 saturated carbocycles. The number of hydrogen-bond donors (Lipinski definition) is 1. The number of benzene rings is 1. The fourth-order valence-corrected chi connectivity index (χ4v) is 0.951. The Balaban J connectivity index is 2.46. The molecule has 76 valence electrons. The molecule has 1 N–H and O–H groups in total. The molecular weight excluding hydrogens is 211 g/mol. The minimum absolute atomic E-state index is 0.0964. The van der Waals surface area contributed by atoms with Crippen LogP contribution in [0.5, 0.6) is 0 Å². The van der Waals surface area contributed by atoms with Gasteiger partial charge in [0, 0.05) is 6.54 Å². The van der Waals surface area contributed by atoms with E-state index in [4.69, 9.17) is 0 Å². The zero-order chi connectivity index (χ0) is 10.6. The first kappa shape index (κ1) is 11.0. The van der Waals surface area contributed by atoms with Crippen LogP contribution in [0.3, 0.4) is 0 Å². The van der Waals surface area contributed by atoms with Crippen LogP contribution in [0.2, 0.25) is 0 Å². The van der Waals surface area contributed by atoms with Crippen molar-refractivity contribution >= 4 is 17.2 Å². The van der Waals surface area contributed by atoms with Crippen LogP contribution in [-0.4, -0.2) is 11.2 Å². The topological polar surface area (TPSA) is 12.0 Å². The van der Waals surface area contributed by atoms with Crippen LogP contribution >= 0.6 is 12.2 Å². The first-order valence-electron chi connectivity index (χ1n) is 3.89. The predicted octanol–water partition coefficient (Wildman–Crippen LogP) is 2.67. The van der Waals surface area contributed by atoms with Gasteiger partial charge >= 0.3 is 6.18 Å². The maximum atomic E-state index is 11.9. The number of thiocarbonyl (C=S) groups is 1. The van der Waals surface area contributed by atoms with Gasteiger partial charge in [-0.1, -0.05) is 42.5 Å². The van der Waals surface area contributed by atoms with Gasteiger partial charge in [-0.15, -0.1) is 0 Å². The van der Waals surface area contributed by atoms with Crippen molar-refractivity contribution in [2.75, 3.05) is 0 Å². The third-order valence-corrected chi connectivity index (χ3v) is 1.93. The summed E-state index contributed by atoms with van der Waals surface area (Å²) in [4.78, 5) is -1.08. The first-order chi connectivity index (χ1) is 6.50. The van der Waals surface area contributed by atoms with E-state index in [1.807, 2.05) is 0 Å². The molecule has 0 unspecified atom stereocenters. The standard InChI is InChI=1S/C9H8F3NS/c10-9(11,12)8(14)13-6-7-4-2-1-3-5-7/h1-5H,6H2,(H,13,14). The van der Waals surface area contributed by atoms with Crippen molar-refractivity contribution in [3.8, 4) is 0 Å². The van der Waals surface area contributed by atoms with E-state index < -0.39 is 11.2 Å². The highest BCUT2D eigenvalue weighted by atomic mass is 32.1. The molecule has 1 rings (SSSR count). The third-order valence-electron chi connectivity index (χ3n) is 1.55. The highest BCUT2D eigenvalue weighted by Crippen LogP contribution is 2.15. The number of nitrogens with one attached hydrogen (secondary N) is 1. The smallest absolute Gasteiger partial charge is 0.368 e. The van der Waals surface area contributed by atoms with Gasteiger partial charge in [0.15, 0.2) is 4.99 Å². The third kappa shape index (κ3) is 3.33. The van der Waals surface area contributed by atoms with Gasteiger partial charge in [0.05, 0.1) is 0 Å². The van der Waals surface area contributed by atoms with Crippen molar-refractivity contribution in [2.45, 2.75) is 12.7 Å². The van der Waals surface area contributed by atoms with Gasteiger partial charge < -0.3 is 5.32 Å². The van der Waals surface area contributed by atoms with Crippen molar-refractivity contribution in [1.82, 2.24) is 5.32 Å². The van der Waals surface area contributed by atoms with Gasteiger partial charge in [0.1, 0.15) is 0 Å². The van der Waals surface area contributed by atoms with E-state index in [1.54, 1.807) is 30.3 Å². The van der Waals surface area contributed by atoms with Gasteiger partial charge in [-0.05, 0) is 5.56 Å². The van der Waals surface area contributed by atoms with Crippen LogP contribution in [0.4, 0.5) is 13.2 Å². The van der Waals surface area contributed by atoms with Gasteiger partial charge in [0.2, 0.25) is 0 Å². The molecule has 0 aliphatic heterocycles. The molecule has 0 spiro atoms. The Hall–Kier alpha value is -1.10. The van der Waals surface area contributed by atoms with Crippen molar-refractivity contribution in [1.29, 1.82) is 0 Å². The van der Waals surface area contributed by atoms with Gasteiger partial charge in [-0.3, -0.25) is 0 Å². The van der Waals surface area contributed by atoms with Crippen LogP contribution in [0.15, 0.2) is 30.3 Å². The molecular formula is C9H8F3NS. The number of alkyl halides is 3. The molecule has 0 heterocycles. The fraction of sp³-hybridized carbons (Fsp3) is 0.222. The molecule has 5 heteroatoms. The maximum Gasteiger partial charge on any atom is 0.441 e. The highest BCUT2D eigenvalue weighted by Gasteiger charge is 2.33. The Kier molecular flexibility index (Phi) is 3.46. The van der Waals surface area contributed by atoms with E-state index >= 15 is 0 Å². The minimum atomic E-state index is -4.44. The van der Waals surface area contributed by atoms with Crippen molar-refractivity contribution in [2.24, 2.45) is 0 Å². The summed E-state index contributed by atoms with van der Waals surface area (Å²) in [6, 6.07) is 8.77. The molecule has 0 aliphatic carbocycles. The molecule has 1 aromatic rings. The summed E-state index contributed by atoms with van der Waals surface area (Å²) in [5, 5.41) is 2.15. The second-order valence-electron chi connectivity index (χ2n) is 2.67. The zero-order valence-corrected chi connectivity index (χ0v) is 7.95. The van der Waals surface area contributed by atoms with E-state index in [9.17, 15) is 13.2 Å². The first-order valence-corrected chi connectivity index (χ1v) is 4.30. The number of hydrogen-bond acceptors (Lipinski definition) is 1. The summed E-state index contributed by atoms with van der Waals surface area (Å²) in [6.07, 6.45) is -4.44. The van der Waals surface area contributed by atoms with Crippen LogP contribution in [-0.2, 0) is 6.54 Å². The van der Waals surface area contributed by atoms with Crippen LogP contribution in [0, 0.1) is 0 Å². The zero-order valence-electron chi connectivity index (χ0n) is 7.14. The summed E-state index contributed by atoms with van der Waals surface area (Å²) >= 11 is 4.15. The van der Waals surface area contributed by atoms with E-state index in [0.29, 0.717) is 0 Å². The van der Waals surface area contributed by atoms with Crippen LogP contribution < -0.4 is 5.32 Å². The molecule has 0 amide bonds. The second-order valence-corrected chi connectivity index (χ2v) is 3.07. The fourth-order valence-electron chi connectivity index (χ4n) is 0.878.